The van der Waals surface area contributed by atoms with E-state index in [9.17, 15) is 9.59 Å². The molecule has 0 radical (unpaired) electrons. The number of benzene rings is 1. The Morgan fingerprint density at radius 3 is 2.57 bits per heavy atom. The van der Waals surface area contributed by atoms with Crippen molar-refractivity contribution in [1.29, 1.82) is 0 Å². The van der Waals surface area contributed by atoms with Gasteiger partial charge in [0.05, 0.1) is 13.2 Å². The van der Waals surface area contributed by atoms with Crippen molar-refractivity contribution in [3.8, 4) is 5.75 Å². The first-order chi connectivity index (χ1) is 10.8. The molecule has 5 nitrogen and oxygen atoms in total. The molecule has 0 spiro atoms. The zero-order valence-corrected chi connectivity index (χ0v) is 14.1. The molecule has 0 saturated heterocycles. The number of pyridine rings is 1. The van der Waals surface area contributed by atoms with Crippen LogP contribution >= 0.6 is 0 Å². The molecule has 2 aromatic rings. The van der Waals surface area contributed by atoms with Gasteiger partial charge >= 0.3 is 0 Å². The Morgan fingerprint density at radius 1 is 1.26 bits per heavy atom. The fourth-order valence-electron chi connectivity index (χ4n) is 2.60. The molecule has 0 aliphatic rings. The van der Waals surface area contributed by atoms with Crippen molar-refractivity contribution in [2.75, 3.05) is 14.2 Å². The van der Waals surface area contributed by atoms with Gasteiger partial charge in [-0.05, 0) is 50.1 Å². The average Bonchev–Trinajstić information content (AvgIpc) is 2.52. The Labute approximate surface area is 135 Å². The number of aromatic amines is 1. The van der Waals surface area contributed by atoms with E-state index in [2.05, 4.69) is 4.98 Å². The summed E-state index contributed by atoms with van der Waals surface area (Å²) >= 11 is 0. The van der Waals surface area contributed by atoms with Gasteiger partial charge in [-0.2, -0.15) is 0 Å². The summed E-state index contributed by atoms with van der Waals surface area (Å²) in [6.45, 7) is 5.50. The number of aryl methyl sites for hydroxylation is 2. The molecule has 0 bridgehead atoms. The van der Waals surface area contributed by atoms with E-state index in [4.69, 9.17) is 4.74 Å². The monoisotopic (exact) mass is 314 g/mol. The topological polar surface area (TPSA) is 62.4 Å². The first-order valence-electron chi connectivity index (χ1n) is 7.46. The molecule has 1 atom stereocenters. The standard InChI is InChI=1S/C18H22N2O3/c1-11-9-12(2)19-17(21)16(11)18(22)20(4)13(3)14-7-6-8-15(10-14)23-5/h6-10,13H,1-5H3,(H,19,21). The van der Waals surface area contributed by atoms with E-state index in [0.29, 0.717) is 5.56 Å². The fourth-order valence-corrected chi connectivity index (χ4v) is 2.60. The van der Waals surface area contributed by atoms with Gasteiger partial charge in [-0.3, -0.25) is 9.59 Å². The third kappa shape index (κ3) is 3.44. The van der Waals surface area contributed by atoms with Crippen molar-refractivity contribution in [3.05, 3.63) is 63.1 Å². The van der Waals surface area contributed by atoms with Gasteiger partial charge in [0.15, 0.2) is 0 Å². The van der Waals surface area contributed by atoms with Gasteiger partial charge in [0.2, 0.25) is 0 Å². The number of nitrogens with zero attached hydrogens (tertiary/aromatic N) is 1. The summed E-state index contributed by atoms with van der Waals surface area (Å²) in [7, 11) is 3.30. The lowest BCUT2D eigenvalue weighted by Gasteiger charge is -2.26. The minimum absolute atomic E-state index is 0.183. The van der Waals surface area contributed by atoms with Crippen molar-refractivity contribution in [1.82, 2.24) is 9.88 Å². The maximum Gasteiger partial charge on any atom is 0.261 e. The lowest BCUT2D eigenvalue weighted by atomic mass is 10.0. The van der Waals surface area contributed by atoms with Crippen LogP contribution in [-0.4, -0.2) is 29.9 Å². The summed E-state index contributed by atoms with van der Waals surface area (Å²) in [5, 5.41) is 0. The van der Waals surface area contributed by atoms with Crippen LogP contribution in [0.1, 0.15) is 40.1 Å². The molecule has 1 heterocycles. The van der Waals surface area contributed by atoms with Crippen molar-refractivity contribution < 1.29 is 9.53 Å². The smallest absolute Gasteiger partial charge is 0.261 e. The second kappa shape index (κ2) is 6.69. The molecule has 1 unspecified atom stereocenters. The number of hydrogen-bond acceptors (Lipinski definition) is 3. The summed E-state index contributed by atoms with van der Waals surface area (Å²) in [6.07, 6.45) is 0. The molecule has 122 valence electrons. The molecule has 1 amide bonds. The van der Waals surface area contributed by atoms with Crippen molar-refractivity contribution in [2.45, 2.75) is 26.8 Å². The molecule has 0 saturated carbocycles. The second-order valence-corrected chi connectivity index (χ2v) is 5.71. The third-order valence-corrected chi connectivity index (χ3v) is 4.06. The maximum atomic E-state index is 12.7. The number of rotatable bonds is 4. The van der Waals surface area contributed by atoms with Crippen molar-refractivity contribution in [2.24, 2.45) is 0 Å². The van der Waals surface area contributed by atoms with Crippen LogP contribution in [0.2, 0.25) is 0 Å². The highest BCUT2D eigenvalue weighted by atomic mass is 16.5. The molecule has 1 N–H and O–H groups in total. The Hall–Kier alpha value is -2.56. The first-order valence-corrected chi connectivity index (χ1v) is 7.46. The van der Waals surface area contributed by atoms with Gasteiger partial charge in [0.1, 0.15) is 11.3 Å². The summed E-state index contributed by atoms with van der Waals surface area (Å²) < 4.78 is 5.22. The highest BCUT2D eigenvalue weighted by molar-refractivity contribution is 5.95. The van der Waals surface area contributed by atoms with Gasteiger partial charge in [-0.25, -0.2) is 0 Å². The maximum absolute atomic E-state index is 12.7. The van der Waals surface area contributed by atoms with E-state index in [-0.39, 0.29) is 23.1 Å². The lowest BCUT2D eigenvalue weighted by molar-refractivity contribution is 0.0740. The largest absolute Gasteiger partial charge is 0.497 e. The predicted octanol–water partition coefficient (Wildman–Crippen LogP) is 2.83. The van der Waals surface area contributed by atoms with Crippen LogP contribution in [0.4, 0.5) is 0 Å². The zero-order valence-electron chi connectivity index (χ0n) is 14.1. The van der Waals surface area contributed by atoms with Gasteiger partial charge in [-0.1, -0.05) is 12.1 Å². The number of H-pyrrole nitrogens is 1. The highest BCUT2D eigenvalue weighted by Gasteiger charge is 2.23. The predicted molar refractivity (Wildman–Crippen MR) is 90.0 cm³/mol. The molecule has 0 aliphatic carbocycles. The number of hydrogen-bond donors (Lipinski definition) is 1. The van der Waals surface area contributed by atoms with Crippen LogP contribution in [0.3, 0.4) is 0 Å². The first kappa shape index (κ1) is 16.8. The summed E-state index contributed by atoms with van der Waals surface area (Å²) in [5.74, 6) is 0.443. The molecule has 1 aromatic heterocycles. The SMILES string of the molecule is COc1cccc(C(C)N(C)C(=O)c2c(C)cc(C)[nH]c2=O)c1. The Morgan fingerprint density at radius 2 is 1.96 bits per heavy atom. The van der Waals surface area contributed by atoms with E-state index < -0.39 is 0 Å². The number of carbonyl (C=O) groups is 1. The number of ether oxygens (including phenoxy) is 1. The number of amides is 1. The number of methoxy groups -OCH3 is 1. The molecular weight excluding hydrogens is 292 g/mol. The molecule has 23 heavy (non-hydrogen) atoms. The van der Waals surface area contributed by atoms with E-state index >= 15 is 0 Å². The van der Waals surface area contributed by atoms with Gasteiger partial charge in [-0.15, -0.1) is 0 Å². The van der Waals surface area contributed by atoms with E-state index in [0.717, 1.165) is 17.0 Å². The number of carbonyl (C=O) groups excluding carboxylic acids is 1. The van der Waals surface area contributed by atoms with Crippen molar-refractivity contribution >= 4 is 5.91 Å². The molecular formula is C18H22N2O3. The van der Waals surface area contributed by atoms with Crippen LogP contribution in [-0.2, 0) is 0 Å². The normalized spacial score (nSPS) is 11.9. The number of aromatic nitrogens is 1. The highest BCUT2D eigenvalue weighted by Crippen LogP contribution is 2.24. The minimum Gasteiger partial charge on any atom is -0.497 e. The molecule has 0 fully saturated rings. The second-order valence-electron chi connectivity index (χ2n) is 5.71. The Balaban J connectivity index is 2.34. The molecule has 1 aromatic carbocycles. The number of nitrogens with one attached hydrogen (secondary N) is 1. The quantitative estimate of drug-likeness (QED) is 0.944. The molecule has 5 heteroatoms. The van der Waals surface area contributed by atoms with Crippen LogP contribution in [0.25, 0.3) is 0 Å². The summed E-state index contributed by atoms with van der Waals surface area (Å²) in [6, 6.07) is 9.18. The third-order valence-electron chi connectivity index (χ3n) is 4.06. The van der Waals surface area contributed by atoms with E-state index in [1.807, 2.05) is 31.2 Å². The molecule has 2 rings (SSSR count). The van der Waals surface area contributed by atoms with E-state index in [1.54, 1.807) is 39.0 Å². The van der Waals surface area contributed by atoms with Crippen LogP contribution < -0.4 is 10.3 Å². The average molecular weight is 314 g/mol. The Bertz CT molecular complexity index is 780. The van der Waals surface area contributed by atoms with Gasteiger partial charge in [0.25, 0.3) is 11.5 Å². The minimum atomic E-state index is -0.350. The van der Waals surface area contributed by atoms with E-state index in [1.165, 1.54) is 0 Å². The van der Waals surface area contributed by atoms with Gasteiger partial charge in [0, 0.05) is 12.7 Å². The van der Waals surface area contributed by atoms with Crippen LogP contribution in [0.5, 0.6) is 5.75 Å². The van der Waals surface area contributed by atoms with Crippen LogP contribution in [0.15, 0.2) is 35.1 Å². The summed E-state index contributed by atoms with van der Waals surface area (Å²) in [4.78, 5) is 29.1. The fraction of sp³-hybridized carbons (Fsp3) is 0.333. The van der Waals surface area contributed by atoms with Gasteiger partial charge < -0.3 is 14.6 Å². The molecule has 0 aliphatic heterocycles. The Kier molecular flexibility index (Phi) is 4.89. The lowest BCUT2D eigenvalue weighted by Crippen LogP contribution is -2.34. The van der Waals surface area contributed by atoms with Crippen LogP contribution in [0, 0.1) is 13.8 Å². The van der Waals surface area contributed by atoms with Crippen molar-refractivity contribution in [3.63, 3.8) is 0 Å². The zero-order chi connectivity index (χ0) is 17.1. The summed E-state index contributed by atoms with van der Waals surface area (Å²) in [5.41, 5.74) is 2.21.